The Bertz CT molecular complexity index is 629. The summed E-state index contributed by atoms with van der Waals surface area (Å²) in [6, 6.07) is 0. The maximum Gasteiger partial charge on any atom is 0.248 e. The lowest BCUT2D eigenvalue weighted by Gasteiger charge is -2.29. The van der Waals surface area contributed by atoms with E-state index in [1.54, 1.807) is 14.0 Å². The van der Waals surface area contributed by atoms with Crippen molar-refractivity contribution in [2.75, 3.05) is 18.8 Å². The first-order valence-corrected chi connectivity index (χ1v) is 7.77. The number of amides is 1. The van der Waals surface area contributed by atoms with Gasteiger partial charge >= 0.3 is 0 Å². The fraction of sp³-hybridized carbons (Fsp3) is 0.636. The minimum absolute atomic E-state index is 0.00187. The minimum atomic E-state index is -3.68. The highest BCUT2D eigenvalue weighted by molar-refractivity contribution is 7.89. The van der Waals surface area contributed by atoms with Crippen molar-refractivity contribution in [2.24, 2.45) is 18.7 Å². The van der Waals surface area contributed by atoms with Crippen LogP contribution in [0.25, 0.3) is 0 Å². The lowest BCUT2D eigenvalue weighted by molar-refractivity contribution is -0.122. The summed E-state index contributed by atoms with van der Waals surface area (Å²) in [5.74, 6) is -0.630. The predicted octanol–water partition coefficient (Wildman–Crippen LogP) is -0.803. The Balaban J connectivity index is 2.26. The number of nitrogens with two attached hydrogens (primary N) is 2. The Hall–Kier alpha value is -1.61. The Morgan fingerprint density at radius 1 is 1.35 bits per heavy atom. The van der Waals surface area contributed by atoms with Gasteiger partial charge in [-0.3, -0.25) is 9.48 Å². The molecule has 0 aliphatic carbocycles. The molecule has 0 spiro atoms. The van der Waals surface area contributed by atoms with Gasteiger partial charge in [-0.05, 0) is 19.8 Å². The summed E-state index contributed by atoms with van der Waals surface area (Å²) >= 11 is 0. The van der Waals surface area contributed by atoms with Crippen LogP contribution in [0.5, 0.6) is 0 Å². The van der Waals surface area contributed by atoms with E-state index >= 15 is 0 Å². The van der Waals surface area contributed by atoms with Crippen molar-refractivity contribution in [3.8, 4) is 0 Å². The molecule has 1 aromatic rings. The number of aryl methyl sites for hydroxylation is 1. The quantitative estimate of drug-likeness (QED) is 0.756. The number of hydrogen-bond acceptors (Lipinski definition) is 5. The first-order chi connectivity index (χ1) is 9.25. The van der Waals surface area contributed by atoms with Crippen molar-refractivity contribution in [3.05, 3.63) is 5.69 Å². The van der Waals surface area contributed by atoms with E-state index in [4.69, 9.17) is 11.5 Å². The number of rotatable bonds is 3. The molecule has 1 fully saturated rings. The van der Waals surface area contributed by atoms with Crippen molar-refractivity contribution in [3.63, 3.8) is 0 Å². The number of piperidine rings is 1. The first-order valence-electron chi connectivity index (χ1n) is 6.33. The van der Waals surface area contributed by atoms with Crippen LogP contribution in [0, 0.1) is 12.8 Å². The number of carbonyl (C=O) groups is 1. The number of anilines is 1. The Kier molecular flexibility index (Phi) is 3.74. The summed E-state index contributed by atoms with van der Waals surface area (Å²) in [4.78, 5) is 11.2. The predicted molar refractivity (Wildman–Crippen MR) is 73.0 cm³/mol. The van der Waals surface area contributed by atoms with E-state index in [1.165, 1.54) is 8.99 Å². The normalized spacial score (nSPS) is 18.3. The van der Waals surface area contributed by atoms with E-state index in [-0.39, 0.29) is 35.6 Å². The van der Waals surface area contributed by atoms with E-state index in [0.717, 1.165) is 0 Å². The number of aromatic nitrogens is 2. The third-order valence-electron chi connectivity index (χ3n) is 3.76. The third kappa shape index (κ3) is 2.38. The molecule has 0 atom stereocenters. The van der Waals surface area contributed by atoms with Gasteiger partial charge in [0, 0.05) is 26.1 Å². The topological polar surface area (TPSA) is 124 Å². The van der Waals surface area contributed by atoms with Crippen molar-refractivity contribution in [2.45, 2.75) is 24.7 Å². The van der Waals surface area contributed by atoms with Crippen LogP contribution in [0.1, 0.15) is 18.5 Å². The fourth-order valence-electron chi connectivity index (χ4n) is 2.44. The van der Waals surface area contributed by atoms with Gasteiger partial charge in [-0.1, -0.05) is 0 Å². The average Bonchev–Trinajstić information content (AvgIpc) is 2.63. The zero-order valence-corrected chi connectivity index (χ0v) is 12.4. The van der Waals surface area contributed by atoms with E-state index in [0.29, 0.717) is 18.5 Å². The minimum Gasteiger partial charge on any atom is -0.381 e. The summed E-state index contributed by atoms with van der Waals surface area (Å²) in [5.41, 5.74) is 11.4. The largest absolute Gasteiger partial charge is 0.381 e. The number of hydrogen-bond donors (Lipinski definition) is 2. The molecule has 1 aliphatic rings. The van der Waals surface area contributed by atoms with Crippen LogP contribution in [0.2, 0.25) is 0 Å². The highest BCUT2D eigenvalue weighted by atomic mass is 32.2. The van der Waals surface area contributed by atoms with Crippen LogP contribution in [-0.4, -0.2) is 41.5 Å². The van der Waals surface area contributed by atoms with Crippen LogP contribution in [0.15, 0.2) is 4.90 Å². The van der Waals surface area contributed by atoms with Gasteiger partial charge in [-0.25, -0.2) is 8.42 Å². The lowest BCUT2D eigenvalue weighted by Crippen LogP contribution is -2.41. The molecular formula is C11H19N5O3S. The zero-order valence-electron chi connectivity index (χ0n) is 11.5. The summed E-state index contributed by atoms with van der Waals surface area (Å²) in [6.07, 6.45) is 0.877. The van der Waals surface area contributed by atoms with Gasteiger partial charge < -0.3 is 11.5 Å². The third-order valence-corrected chi connectivity index (χ3v) is 5.82. The molecule has 1 amide bonds. The summed E-state index contributed by atoms with van der Waals surface area (Å²) < 4.78 is 28.0. The van der Waals surface area contributed by atoms with E-state index in [9.17, 15) is 13.2 Å². The molecule has 0 saturated carbocycles. The van der Waals surface area contributed by atoms with Gasteiger partial charge in [0.2, 0.25) is 15.9 Å². The van der Waals surface area contributed by atoms with Crippen LogP contribution < -0.4 is 11.5 Å². The Morgan fingerprint density at radius 2 is 1.90 bits per heavy atom. The van der Waals surface area contributed by atoms with Crippen molar-refractivity contribution in [1.29, 1.82) is 0 Å². The van der Waals surface area contributed by atoms with Crippen molar-refractivity contribution >= 4 is 21.7 Å². The Labute approximate surface area is 117 Å². The van der Waals surface area contributed by atoms with Gasteiger partial charge in [-0.15, -0.1) is 0 Å². The molecule has 4 N–H and O–H groups in total. The number of nitrogen functional groups attached to an aromatic ring is 1. The smallest absolute Gasteiger partial charge is 0.248 e. The maximum atomic E-state index is 12.6. The number of sulfonamides is 1. The highest BCUT2D eigenvalue weighted by Gasteiger charge is 2.34. The monoisotopic (exact) mass is 301 g/mol. The second-order valence-corrected chi connectivity index (χ2v) is 6.88. The van der Waals surface area contributed by atoms with E-state index in [1.807, 2.05) is 0 Å². The van der Waals surface area contributed by atoms with E-state index < -0.39 is 10.0 Å². The molecule has 0 radical (unpaired) electrons. The summed E-state index contributed by atoms with van der Waals surface area (Å²) in [6.45, 7) is 2.19. The molecule has 2 heterocycles. The second kappa shape index (κ2) is 5.06. The Morgan fingerprint density at radius 3 is 2.30 bits per heavy atom. The van der Waals surface area contributed by atoms with Gasteiger partial charge in [0.1, 0.15) is 4.90 Å². The average molecular weight is 301 g/mol. The molecule has 1 saturated heterocycles. The molecule has 8 nitrogen and oxygen atoms in total. The number of carbonyl (C=O) groups excluding carboxylic acids is 1. The molecule has 0 aromatic carbocycles. The van der Waals surface area contributed by atoms with Gasteiger partial charge in [0.05, 0.1) is 5.69 Å². The lowest BCUT2D eigenvalue weighted by atomic mass is 9.98. The fourth-order valence-corrected chi connectivity index (χ4v) is 4.20. The molecule has 1 aliphatic heterocycles. The molecule has 0 bridgehead atoms. The molecule has 1 aromatic heterocycles. The van der Waals surface area contributed by atoms with Crippen LogP contribution in [-0.2, 0) is 21.9 Å². The molecule has 9 heteroatoms. The number of nitrogens with zero attached hydrogens (tertiary/aromatic N) is 3. The van der Waals surface area contributed by atoms with Crippen LogP contribution in [0.3, 0.4) is 0 Å². The second-order valence-electron chi connectivity index (χ2n) is 5.00. The molecule has 20 heavy (non-hydrogen) atoms. The standard InChI is InChI=1S/C11H19N5O3S/c1-7-9(10(12)14-15(7)2)20(18,19)16-5-3-8(4-6-16)11(13)17/h8H,3-6H2,1-2H3,(H2,12,14)(H2,13,17). The van der Waals surface area contributed by atoms with Crippen LogP contribution in [0.4, 0.5) is 5.82 Å². The van der Waals surface area contributed by atoms with Crippen LogP contribution >= 0.6 is 0 Å². The first kappa shape index (κ1) is 14.8. The zero-order chi connectivity index (χ0) is 15.1. The van der Waals surface area contributed by atoms with Gasteiger partial charge in [-0.2, -0.15) is 9.40 Å². The van der Waals surface area contributed by atoms with Crippen molar-refractivity contribution < 1.29 is 13.2 Å². The molecule has 2 rings (SSSR count). The van der Waals surface area contributed by atoms with Gasteiger partial charge in [0.15, 0.2) is 5.82 Å². The maximum absolute atomic E-state index is 12.6. The van der Waals surface area contributed by atoms with Crippen molar-refractivity contribution in [1.82, 2.24) is 14.1 Å². The molecule has 0 unspecified atom stereocenters. The summed E-state index contributed by atoms with van der Waals surface area (Å²) in [5, 5.41) is 3.93. The highest BCUT2D eigenvalue weighted by Crippen LogP contribution is 2.28. The van der Waals surface area contributed by atoms with E-state index in [2.05, 4.69) is 5.10 Å². The van der Waals surface area contributed by atoms with Gasteiger partial charge in [0.25, 0.3) is 0 Å². The summed E-state index contributed by atoms with van der Waals surface area (Å²) in [7, 11) is -2.04. The SMILES string of the molecule is Cc1c(S(=O)(=O)N2CCC(C(N)=O)CC2)c(N)nn1C. The number of primary amides is 1. The molecular weight excluding hydrogens is 282 g/mol. The molecule has 112 valence electrons.